The van der Waals surface area contributed by atoms with Crippen molar-refractivity contribution in [3.63, 3.8) is 0 Å². The monoisotopic (exact) mass is 510 g/mol. The third kappa shape index (κ3) is 2.52. The van der Waals surface area contributed by atoms with Crippen molar-refractivity contribution >= 4 is 48.2 Å². The first-order chi connectivity index (χ1) is 17.0. The van der Waals surface area contributed by atoms with Crippen LogP contribution in [0.15, 0.2) is 95.5 Å². The van der Waals surface area contributed by atoms with Gasteiger partial charge in [0.1, 0.15) is 0 Å². The fourth-order valence-corrected chi connectivity index (χ4v) is 7.14. The Morgan fingerprint density at radius 3 is 1.74 bits per heavy atom. The van der Waals surface area contributed by atoms with Crippen LogP contribution in [-0.2, 0) is 11.8 Å². The van der Waals surface area contributed by atoms with Gasteiger partial charge in [0, 0.05) is 9.89 Å². The van der Waals surface area contributed by atoms with Crippen molar-refractivity contribution in [2.45, 2.75) is 25.7 Å². The van der Waals surface area contributed by atoms with E-state index < -0.39 is 0 Å². The molecule has 1 heteroatoms. The van der Waals surface area contributed by atoms with Crippen molar-refractivity contribution in [2.75, 3.05) is 0 Å². The molecule has 0 bridgehead atoms. The lowest BCUT2D eigenvalue weighted by atomic mass is 9.80. The summed E-state index contributed by atoms with van der Waals surface area (Å²) in [6.07, 6.45) is 1.02. The van der Waals surface area contributed by atoms with Crippen LogP contribution >= 0.6 is 15.9 Å². The lowest BCUT2D eigenvalue weighted by Crippen LogP contribution is -2.15. The summed E-state index contributed by atoms with van der Waals surface area (Å²) in [6.45, 7) is 4.80. The molecule has 0 radical (unpaired) electrons. The Morgan fingerprint density at radius 1 is 0.514 bits per heavy atom. The van der Waals surface area contributed by atoms with E-state index in [0.29, 0.717) is 0 Å². The minimum absolute atomic E-state index is 0.0462. The highest BCUT2D eigenvalue weighted by Crippen LogP contribution is 2.54. The third-order valence-electron chi connectivity index (χ3n) is 8.51. The number of hydrogen-bond donors (Lipinski definition) is 0. The fraction of sp³-hybridized carbons (Fsp3) is 0.118. The highest BCUT2D eigenvalue weighted by molar-refractivity contribution is 9.10. The molecular weight excluding hydrogens is 488 g/mol. The predicted molar refractivity (Wildman–Crippen MR) is 152 cm³/mol. The van der Waals surface area contributed by atoms with E-state index in [1.54, 1.807) is 0 Å². The molecule has 0 saturated carbocycles. The molecule has 0 atom stereocenters. The van der Waals surface area contributed by atoms with Crippen molar-refractivity contribution in [1.82, 2.24) is 0 Å². The molecule has 0 aromatic heterocycles. The summed E-state index contributed by atoms with van der Waals surface area (Å²) >= 11 is 3.69. The first-order valence-electron chi connectivity index (χ1n) is 12.3. The topological polar surface area (TPSA) is 0 Å². The summed E-state index contributed by atoms with van der Waals surface area (Å²) in [4.78, 5) is 0. The summed E-state index contributed by atoms with van der Waals surface area (Å²) in [6, 6.07) is 34.4. The molecule has 0 N–H and O–H groups in total. The van der Waals surface area contributed by atoms with E-state index in [0.717, 1.165) is 10.9 Å². The average Bonchev–Trinajstić information content (AvgIpc) is 3.33. The molecule has 2 aliphatic carbocycles. The van der Waals surface area contributed by atoms with Crippen LogP contribution in [0.4, 0.5) is 0 Å². The second-order valence-corrected chi connectivity index (χ2v) is 11.6. The summed E-state index contributed by atoms with van der Waals surface area (Å²) in [5, 5.41) is 8.08. The molecule has 6 aromatic rings. The van der Waals surface area contributed by atoms with E-state index in [2.05, 4.69) is 121 Å². The molecule has 0 aliphatic heterocycles. The van der Waals surface area contributed by atoms with Gasteiger partial charge in [0.2, 0.25) is 0 Å². The van der Waals surface area contributed by atoms with Crippen molar-refractivity contribution < 1.29 is 0 Å². The van der Waals surface area contributed by atoms with Gasteiger partial charge in [-0.05, 0) is 120 Å². The van der Waals surface area contributed by atoms with Crippen LogP contribution in [0.2, 0.25) is 0 Å². The Balaban J connectivity index is 1.47. The summed E-state index contributed by atoms with van der Waals surface area (Å²) in [5.74, 6) is 0. The van der Waals surface area contributed by atoms with E-state index in [-0.39, 0.29) is 5.41 Å². The molecule has 0 saturated heterocycles. The molecule has 0 fully saturated rings. The van der Waals surface area contributed by atoms with Crippen molar-refractivity contribution in [3.8, 4) is 22.3 Å². The highest BCUT2D eigenvalue weighted by atomic mass is 79.9. The second-order valence-electron chi connectivity index (χ2n) is 10.7. The predicted octanol–water partition coefficient (Wildman–Crippen LogP) is 9.79. The average molecular weight is 511 g/mol. The molecule has 8 rings (SSSR count). The number of hydrogen-bond acceptors (Lipinski definition) is 0. The lowest BCUT2D eigenvalue weighted by Gasteiger charge is -2.23. The number of halogens is 1. The molecule has 35 heavy (non-hydrogen) atoms. The molecule has 0 amide bonds. The molecule has 0 nitrogen and oxygen atoms in total. The maximum Gasteiger partial charge on any atom is 0.0181 e. The maximum atomic E-state index is 3.69. The van der Waals surface area contributed by atoms with Crippen LogP contribution in [0.1, 0.15) is 36.1 Å². The van der Waals surface area contributed by atoms with Gasteiger partial charge in [0.05, 0.1) is 0 Å². The Bertz CT molecular complexity index is 1900. The molecule has 166 valence electrons. The Morgan fingerprint density at radius 2 is 1.06 bits per heavy atom. The fourth-order valence-electron chi connectivity index (χ4n) is 6.78. The summed E-state index contributed by atoms with van der Waals surface area (Å²) in [7, 11) is 0. The molecular formula is C34H23Br. The van der Waals surface area contributed by atoms with Crippen LogP contribution < -0.4 is 0 Å². The van der Waals surface area contributed by atoms with Gasteiger partial charge < -0.3 is 0 Å². The van der Waals surface area contributed by atoms with Crippen LogP contribution in [-0.4, -0.2) is 0 Å². The van der Waals surface area contributed by atoms with E-state index >= 15 is 0 Å². The summed E-state index contributed by atoms with van der Waals surface area (Å²) in [5.41, 5.74) is 11.3. The molecule has 0 unspecified atom stereocenters. The largest absolute Gasteiger partial charge is 0.0616 e. The van der Waals surface area contributed by atoms with E-state index in [1.165, 1.54) is 76.8 Å². The van der Waals surface area contributed by atoms with Gasteiger partial charge in [-0.15, -0.1) is 0 Å². The molecule has 0 heterocycles. The molecule has 0 spiro atoms. The van der Waals surface area contributed by atoms with Gasteiger partial charge in [-0.2, -0.15) is 0 Å². The number of benzene rings is 6. The smallest absolute Gasteiger partial charge is 0.0181 e. The first-order valence-corrected chi connectivity index (χ1v) is 13.1. The summed E-state index contributed by atoms with van der Waals surface area (Å²) < 4.78 is 1.15. The molecule has 6 aromatic carbocycles. The Hall–Kier alpha value is -3.42. The third-order valence-corrected chi connectivity index (χ3v) is 9.00. The quantitative estimate of drug-likeness (QED) is 0.178. The highest BCUT2D eigenvalue weighted by Gasteiger charge is 2.37. The van der Waals surface area contributed by atoms with Crippen LogP contribution in [0.25, 0.3) is 54.6 Å². The minimum Gasteiger partial charge on any atom is -0.0616 e. The van der Waals surface area contributed by atoms with Gasteiger partial charge in [-0.1, -0.05) is 84.4 Å². The number of rotatable bonds is 0. The normalized spacial score (nSPS) is 14.8. The van der Waals surface area contributed by atoms with Crippen LogP contribution in [0.5, 0.6) is 0 Å². The SMILES string of the molecule is CC1(C)c2cc3c(cc2-c2cc4c5ccccc5c5ccccc5c4cc21)Cc1ccc(Br)cc1-3. The standard InChI is InChI=1S/C34H23Br/c1-34(2)32-17-27-20(13-19-11-12-21(35)15-26(19)27)14-30(32)31-16-28-24-9-5-3-7-22(24)23-8-4-6-10-25(23)29(28)18-33(31)34/h3-12,14-18H,13H2,1-2H3. The molecule has 2 aliphatic rings. The van der Waals surface area contributed by atoms with Gasteiger partial charge >= 0.3 is 0 Å². The maximum absolute atomic E-state index is 3.69. The zero-order valence-corrected chi connectivity index (χ0v) is 21.3. The van der Waals surface area contributed by atoms with Crippen molar-refractivity contribution in [1.29, 1.82) is 0 Å². The van der Waals surface area contributed by atoms with Crippen LogP contribution in [0.3, 0.4) is 0 Å². The van der Waals surface area contributed by atoms with Gasteiger partial charge in [0.25, 0.3) is 0 Å². The number of fused-ring (bicyclic) bond motifs is 12. The zero-order chi connectivity index (χ0) is 23.5. The second kappa shape index (κ2) is 6.62. The lowest BCUT2D eigenvalue weighted by molar-refractivity contribution is 0.661. The zero-order valence-electron chi connectivity index (χ0n) is 19.7. The van der Waals surface area contributed by atoms with Crippen LogP contribution in [0, 0.1) is 0 Å². The Kier molecular flexibility index (Phi) is 3.75. The minimum atomic E-state index is -0.0462. The van der Waals surface area contributed by atoms with Gasteiger partial charge in [-0.3, -0.25) is 0 Å². The van der Waals surface area contributed by atoms with Crippen molar-refractivity contribution in [3.05, 3.63) is 118 Å². The van der Waals surface area contributed by atoms with Gasteiger partial charge in [-0.25, -0.2) is 0 Å². The van der Waals surface area contributed by atoms with E-state index in [9.17, 15) is 0 Å². The first kappa shape index (κ1) is 19.8. The Labute approximate surface area is 213 Å². The van der Waals surface area contributed by atoms with E-state index in [4.69, 9.17) is 0 Å². The van der Waals surface area contributed by atoms with Gasteiger partial charge in [0.15, 0.2) is 0 Å². The van der Waals surface area contributed by atoms with E-state index in [1.807, 2.05) is 0 Å². The van der Waals surface area contributed by atoms with Crippen molar-refractivity contribution in [2.24, 2.45) is 0 Å².